The molecule has 0 radical (unpaired) electrons. The minimum atomic E-state index is 0.170. The first-order valence-corrected chi connectivity index (χ1v) is 10.9. The number of carbonyl (C=O) groups is 1. The van der Waals surface area contributed by atoms with Crippen molar-refractivity contribution in [2.45, 2.75) is 31.8 Å². The van der Waals surface area contributed by atoms with Crippen LogP contribution in [0.2, 0.25) is 0 Å². The number of thioether (sulfide) groups is 1. The highest BCUT2D eigenvalue weighted by Gasteiger charge is 2.22. The largest absolute Gasteiger partial charge is 0.342 e. The summed E-state index contributed by atoms with van der Waals surface area (Å²) in [6.45, 7) is 6.02. The zero-order valence-corrected chi connectivity index (χ0v) is 17.6. The van der Waals surface area contributed by atoms with E-state index < -0.39 is 0 Å². The smallest absolute Gasteiger partial charge is 0.233 e. The molecule has 1 aliphatic rings. The molecule has 3 aromatic rings. The van der Waals surface area contributed by atoms with Gasteiger partial charge in [0.15, 0.2) is 11.0 Å². The molecule has 1 amide bonds. The highest BCUT2D eigenvalue weighted by Crippen LogP contribution is 2.28. The van der Waals surface area contributed by atoms with Crippen LogP contribution in [0.1, 0.15) is 25.3 Å². The Morgan fingerprint density at radius 3 is 2.59 bits per heavy atom. The van der Waals surface area contributed by atoms with E-state index in [1.165, 1.54) is 17.3 Å². The topological polar surface area (TPSA) is 63.9 Å². The quantitative estimate of drug-likeness (QED) is 0.599. The molecule has 3 heterocycles. The molecule has 1 fully saturated rings. The van der Waals surface area contributed by atoms with E-state index in [0.717, 1.165) is 43.0 Å². The van der Waals surface area contributed by atoms with Gasteiger partial charge in [-0.05, 0) is 49.9 Å². The van der Waals surface area contributed by atoms with Crippen LogP contribution in [-0.4, -0.2) is 49.4 Å². The molecular weight excluding hydrogens is 382 g/mol. The van der Waals surface area contributed by atoms with Crippen LogP contribution in [0.3, 0.4) is 0 Å². The summed E-state index contributed by atoms with van der Waals surface area (Å²) in [6.07, 6.45) is 5.69. The van der Waals surface area contributed by atoms with Gasteiger partial charge in [-0.1, -0.05) is 36.4 Å². The van der Waals surface area contributed by atoms with Crippen LogP contribution in [0.15, 0.2) is 53.9 Å². The van der Waals surface area contributed by atoms with Crippen molar-refractivity contribution in [1.29, 1.82) is 0 Å². The van der Waals surface area contributed by atoms with E-state index in [1.54, 1.807) is 12.4 Å². The van der Waals surface area contributed by atoms with Crippen molar-refractivity contribution in [3.63, 3.8) is 0 Å². The molecule has 0 atom stereocenters. The number of amides is 1. The lowest BCUT2D eigenvalue weighted by Crippen LogP contribution is -2.38. The number of aryl methyl sites for hydroxylation is 1. The summed E-state index contributed by atoms with van der Waals surface area (Å²) in [5.74, 6) is 1.97. The predicted molar refractivity (Wildman–Crippen MR) is 115 cm³/mol. The summed E-state index contributed by atoms with van der Waals surface area (Å²) in [5, 5.41) is 9.52. The fourth-order valence-electron chi connectivity index (χ4n) is 3.45. The van der Waals surface area contributed by atoms with E-state index in [9.17, 15) is 4.79 Å². The minimum absolute atomic E-state index is 0.170. The molecule has 0 aliphatic carbocycles. The Balaban J connectivity index is 1.59. The van der Waals surface area contributed by atoms with Crippen LogP contribution < -0.4 is 0 Å². The Kier molecular flexibility index (Phi) is 5.94. The first kappa shape index (κ1) is 19.6. The lowest BCUT2D eigenvalue weighted by Gasteiger charge is -2.30. The van der Waals surface area contributed by atoms with Gasteiger partial charge in [-0.2, -0.15) is 0 Å². The third-order valence-electron chi connectivity index (χ3n) is 5.31. The van der Waals surface area contributed by atoms with Crippen LogP contribution in [0.4, 0.5) is 0 Å². The third kappa shape index (κ3) is 4.50. The van der Waals surface area contributed by atoms with Gasteiger partial charge in [-0.15, -0.1) is 10.2 Å². The van der Waals surface area contributed by atoms with Crippen LogP contribution >= 0.6 is 11.8 Å². The summed E-state index contributed by atoms with van der Waals surface area (Å²) in [4.78, 5) is 18.9. The van der Waals surface area contributed by atoms with Crippen LogP contribution in [0.25, 0.3) is 17.1 Å². The van der Waals surface area contributed by atoms with Crippen molar-refractivity contribution in [3.8, 4) is 17.1 Å². The number of pyridine rings is 1. The second-order valence-electron chi connectivity index (χ2n) is 7.57. The summed E-state index contributed by atoms with van der Waals surface area (Å²) < 4.78 is 2.01. The molecule has 0 saturated carbocycles. The Hall–Kier alpha value is -2.67. The van der Waals surface area contributed by atoms with Crippen molar-refractivity contribution in [2.24, 2.45) is 5.92 Å². The van der Waals surface area contributed by atoms with Gasteiger partial charge in [0.1, 0.15) is 0 Å². The molecule has 1 aliphatic heterocycles. The first-order chi connectivity index (χ1) is 14.1. The number of rotatable bonds is 5. The van der Waals surface area contributed by atoms with Crippen molar-refractivity contribution in [1.82, 2.24) is 24.6 Å². The minimum Gasteiger partial charge on any atom is -0.342 e. The van der Waals surface area contributed by atoms with Crippen molar-refractivity contribution < 1.29 is 4.79 Å². The van der Waals surface area contributed by atoms with E-state index in [0.29, 0.717) is 16.8 Å². The molecule has 0 N–H and O–H groups in total. The molecule has 150 valence electrons. The Labute approximate surface area is 175 Å². The zero-order valence-electron chi connectivity index (χ0n) is 16.8. The monoisotopic (exact) mass is 407 g/mol. The molecule has 0 bridgehead atoms. The van der Waals surface area contributed by atoms with Crippen molar-refractivity contribution in [2.75, 3.05) is 18.8 Å². The van der Waals surface area contributed by atoms with Crippen molar-refractivity contribution in [3.05, 3.63) is 54.4 Å². The van der Waals surface area contributed by atoms with Gasteiger partial charge >= 0.3 is 0 Å². The maximum absolute atomic E-state index is 12.7. The number of hydrogen-bond acceptors (Lipinski definition) is 5. The Morgan fingerprint density at radius 2 is 1.90 bits per heavy atom. The van der Waals surface area contributed by atoms with Gasteiger partial charge in [0.05, 0.1) is 5.75 Å². The fourth-order valence-corrected chi connectivity index (χ4v) is 4.30. The summed E-state index contributed by atoms with van der Waals surface area (Å²) in [7, 11) is 0. The molecule has 6 nitrogen and oxygen atoms in total. The number of aromatic nitrogens is 4. The molecule has 2 aromatic heterocycles. The Bertz CT molecular complexity index is 963. The van der Waals surface area contributed by atoms with E-state index in [-0.39, 0.29) is 5.91 Å². The highest BCUT2D eigenvalue weighted by atomic mass is 32.2. The van der Waals surface area contributed by atoms with E-state index in [1.807, 2.05) is 21.6 Å². The number of hydrogen-bond donors (Lipinski definition) is 0. The number of carbonyl (C=O) groups excluding carboxylic acids is 1. The van der Waals surface area contributed by atoms with Gasteiger partial charge in [-0.25, -0.2) is 0 Å². The maximum atomic E-state index is 12.7. The lowest BCUT2D eigenvalue weighted by molar-refractivity contribution is -0.129. The SMILES string of the molecule is Cc1ccc(-n2c(SCC(=O)N3CCC(C)CC3)nnc2-c2cccnc2)cc1. The third-order valence-corrected chi connectivity index (χ3v) is 6.22. The average molecular weight is 408 g/mol. The van der Waals surface area contributed by atoms with Gasteiger partial charge in [-0.3, -0.25) is 14.3 Å². The molecule has 0 spiro atoms. The molecule has 0 unspecified atom stereocenters. The second kappa shape index (κ2) is 8.78. The Morgan fingerprint density at radius 1 is 1.14 bits per heavy atom. The fraction of sp³-hybridized carbons (Fsp3) is 0.364. The molecule has 1 aromatic carbocycles. The molecule has 7 heteroatoms. The standard InChI is InChI=1S/C22H25N5OS/c1-16-5-7-19(8-6-16)27-21(18-4-3-11-23-14-18)24-25-22(27)29-15-20(28)26-12-9-17(2)10-13-26/h3-8,11,14,17H,9-10,12-13,15H2,1-2H3. The van der Waals surface area contributed by atoms with Crippen LogP contribution in [-0.2, 0) is 4.79 Å². The number of piperidine rings is 1. The maximum Gasteiger partial charge on any atom is 0.233 e. The number of likely N-dealkylation sites (tertiary alicyclic amines) is 1. The normalized spacial score (nSPS) is 14.9. The number of benzene rings is 1. The molecule has 4 rings (SSSR count). The van der Waals surface area contributed by atoms with Gasteiger partial charge in [0.25, 0.3) is 0 Å². The van der Waals surface area contributed by atoms with E-state index in [2.05, 4.69) is 53.3 Å². The van der Waals surface area contributed by atoms with Gasteiger partial charge < -0.3 is 4.90 Å². The molecule has 1 saturated heterocycles. The predicted octanol–water partition coefficient (Wildman–Crippen LogP) is 3.99. The zero-order chi connectivity index (χ0) is 20.2. The number of nitrogens with zero attached hydrogens (tertiary/aromatic N) is 5. The second-order valence-corrected chi connectivity index (χ2v) is 8.51. The molecular formula is C22H25N5OS. The average Bonchev–Trinajstić information content (AvgIpc) is 3.17. The van der Waals surface area contributed by atoms with Crippen LogP contribution in [0.5, 0.6) is 0 Å². The van der Waals surface area contributed by atoms with Gasteiger partial charge in [0.2, 0.25) is 5.91 Å². The molecule has 29 heavy (non-hydrogen) atoms. The highest BCUT2D eigenvalue weighted by molar-refractivity contribution is 7.99. The summed E-state index contributed by atoms with van der Waals surface area (Å²) in [5.41, 5.74) is 3.05. The van der Waals surface area contributed by atoms with Crippen LogP contribution in [0, 0.1) is 12.8 Å². The van der Waals surface area contributed by atoms with E-state index in [4.69, 9.17) is 0 Å². The first-order valence-electron chi connectivity index (χ1n) is 9.95. The lowest BCUT2D eigenvalue weighted by atomic mass is 9.99. The van der Waals surface area contributed by atoms with E-state index >= 15 is 0 Å². The summed E-state index contributed by atoms with van der Waals surface area (Å²) in [6, 6.07) is 12.1. The summed E-state index contributed by atoms with van der Waals surface area (Å²) >= 11 is 1.44. The van der Waals surface area contributed by atoms with Crippen molar-refractivity contribution >= 4 is 17.7 Å². The van der Waals surface area contributed by atoms with Gasteiger partial charge in [0, 0.05) is 36.7 Å².